The third kappa shape index (κ3) is 1.99. The van der Waals surface area contributed by atoms with E-state index in [0.29, 0.717) is 0 Å². The van der Waals surface area contributed by atoms with Crippen LogP contribution in [0, 0.1) is 0 Å². The molecule has 2 aliphatic heterocycles. The Balaban J connectivity index is 1.63. The van der Waals surface area contributed by atoms with E-state index in [-0.39, 0.29) is 5.24 Å². The third-order valence-corrected chi connectivity index (χ3v) is 5.02. The van der Waals surface area contributed by atoms with E-state index in [1.807, 2.05) is 16.2 Å². The zero-order valence-corrected chi connectivity index (χ0v) is 10.6. The number of hydrogen-bond acceptors (Lipinski definition) is 4. The fraction of sp³-hybridized carbons (Fsp3) is 0.545. The van der Waals surface area contributed by atoms with Gasteiger partial charge in [0, 0.05) is 30.3 Å². The maximum absolute atomic E-state index is 11.5. The van der Waals surface area contributed by atoms with Gasteiger partial charge >= 0.3 is 0 Å². The zero-order valence-electron chi connectivity index (χ0n) is 9.02. The van der Waals surface area contributed by atoms with E-state index in [2.05, 4.69) is 16.3 Å². The minimum Gasteiger partial charge on any atom is -0.320 e. The number of thioether (sulfide) groups is 1. The van der Waals surface area contributed by atoms with Crippen LogP contribution in [-0.4, -0.2) is 40.6 Å². The number of hydrogen-bond donors (Lipinski definition) is 0. The summed E-state index contributed by atoms with van der Waals surface area (Å²) in [7, 11) is 0. The van der Waals surface area contributed by atoms with Crippen molar-refractivity contribution in [3.05, 3.63) is 21.9 Å². The number of carbonyl (C=O) groups is 1. The highest BCUT2D eigenvalue weighted by Gasteiger charge is 2.25. The van der Waals surface area contributed by atoms with Crippen molar-refractivity contribution in [3.8, 4) is 0 Å². The van der Waals surface area contributed by atoms with E-state index in [9.17, 15) is 4.79 Å². The Morgan fingerprint density at radius 2 is 2.31 bits per heavy atom. The second-order valence-corrected chi connectivity index (χ2v) is 6.24. The zero-order chi connectivity index (χ0) is 11.0. The molecule has 1 aromatic rings. The first-order chi connectivity index (χ1) is 7.83. The molecule has 16 heavy (non-hydrogen) atoms. The molecule has 1 amide bonds. The Morgan fingerprint density at radius 1 is 1.38 bits per heavy atom. The Labute approximate surface area is 103 Å². The summed E-state index contributed by atoms with van der Waals surface area (Å²) >= 11 is 3.30. The van der Waals surface area contributed by atoms with E-state index in [1.165, 1.54) is 22.2 Å². The molecule has 1 fully saturated rings. The van der Waals surface area contributed by atoms with Gasteiger partial charge in [-0.3, -0.25) is 9.69 Å². The van der Waals surface area contributed by atoms with Crippen molar-refractivity contribution >= 4 is 28.3 Å². The molecular weight excluding hydrogens is 240 g/mol. The molecule has 2 aliphatic rings. The van der Waals surface area contributed by atoms with Gasteiger partial charge < -0.3 is 4.90 Å². The van der Waals surface area contributed by atoms with E-state index < -0.39 is 0 Å². The maximum atomic E-state index is 11.5. The van der Waals surface area contributed by atoms with E-state index in [1.54, 1.807) is 0 Å². The topological polar surface area (TPSA) is 23.6 Å². The Hall–Kier alpha value is -0.520. The first-order valence-electron chi connectivity index (χ1n) is 5.52. The number of fused-ring (bicyclic) bond motifs is 1. The summed E-state index contributed by atoms with van der Waals surface area (Å²) in [5.74, 6) is 0.955. The van der Waals surface area contributed by atoms with Gasteiger partial charge in [-0.2, -0.15) is 0 Å². The minimum atomic E-state index is 0.246. The second kappa shape index (κ2) is 4.39. The molecule has 0 unspecified atom stereocenters. The van der Waals surface area contributed by atoms with Crippen LogP contribution in [0.25, 0.3) is 0 Å². The van der Waals surface area contributed by atoms with Crippen molar-refractivity contribution in [2.24, 2.45) is 0 Å². The predicted molar refractivity (Wildman–Crippen MR) is 67.9 cm³/mol. The lowest BCUT2D eigenvalue weighted by Crippen LogP contribution is -2.40. The first kappa shape index (κ1) is 10.6. The van der Waals surface area contributed by atoms with Gasteiger partial charge in [-0.1, -0.05) is 11.8 Å². The summed E-state index contributed by atoms with van der Waals surface area (Å²) in [4.78, 5) is 17.4. The average molecular weight is 254 g/mol. The fourth-order valence-electron chi connectivity index (χ4n) is 2.22. The first-order valence-corrected chi connectivity index (χ1v) is 7.39. The molecule has 0 radical (unpaired) electrons. The molecule has 0 aliphatic carbocycles. The molecule has 0 aromatic carbocycles. The second-order valence-electron chi connectivity index (χ2n) is 4.19. The number of amides is 1. The Kier molecular flexibility index (Phi) is 2.91. The summed E-state index contributed by atoms with van der Waals surface area (Å²) in [5, 5.41) is 2.42. The number of carbonyl (C=O) groups excluding carboxylic acids is 1. The maximum Gasteiger partial charge on any atom is 0.282 e. The summed E-state index contributed by atoms with van der Waals surface area (Å²) in [5.41, 5.74) is 1.45. The lowest BCUT2D eigenvalue weighted by atomic mass is 10.1. The molecule has 1 saturated heterocycles. The molecule has 0 atom stereocenters. The van der Waals surface area contributed by atoms with Crippen LogP contribution in [0.15, 0.2) is 11.4 Å². The number of thiophene rings is 1. The SMILES string of the molecule is O=C1SCCN1CN1CCc2sccc2C1. The molecule has 0 bridgehead atoms. The summed E-state index contributed by atoms with van der Waals surface area (Å²) in [6.45, 7) is 3.81. The third-order valence-electron chi connectivity index (χ3n) is 3.10. The van der Waals surface area contributed by atoms with Crippen molar-refractivity contribution in [1.29, 1.82) is 0 Å². The predicted octanol–water partition coefficient (Wildman–Crippen LogP) is 2.23. The van der Waals surface area contributed by atoms with Crippen LogP contribution in [0.4, 0.5) is 4.79 Å². The van der Waals surface area contributed by atoms with Crippen LogP contribution in [-0.2, 0) is 13.0 Å². The van der Waals surface area contributed by atoms with Gasteiger partial charge in [0.15, 0.2) is 0 Å². The van der Waals surface area contributed by atoms with Crippen LogP contribution in [0.2, 0.25) is 0 Å². The highest BCUT2D eigenvalue weighted by Crippen LogP contribution is 2.25. The summed E-state index contributed by atoms with van der Waals surface area (Å²) < 4.78 is 0. The van der Waals surface area contributed by atoms with E-state index in [4.69, 9.17) is 0 Å². The van der Waals surface area contributed by atoms with Crippen LogP contribution in [0.1, 0.15) is 10.4 Å². The number of rotatable bonds is 2. The number of nitrogens with zero attached hydrogens (tertiary/aromatic N) is 2. The molecular formula is C11H14N2OS2. The highest BCUT2D eigenvalue weighted by molar-refractivity contribution is 8.13. The fourth-order valence-corrected chi connectivity index (χ4v) is 3.93. The van der Waals surface area contributed by atoms with Gasteiger partial charge in [0.25, 0.3) is 5.24 Å². The summed E-state index contributed by atoms with van der Waals surface area (Å²) in [6.07, 6.45) is 1.14. The van der Waals surface area contributed by atoms with E-state index in [0.717, 1.165) is 38.5 Å². The van der Waals surface area contributed by atoms with Gasteiger partial charge in [0.2, 0.25) is 0 Å². The standard InChI is InChI=1S/C11H14N2OS2/c14-11-13(4-6-16-11)8-12-3-1-10-9(7-12)2-5-15-10/h2,5H,1,3-4,6-8H2. The molecule has 3 heterocycles. The van der Waals surface area contributed by atoms with Gasteiger partial charge in [-0.15, -0.1) is 11.3 Å². The molecule has 3 rings (SSSR count). The Morgan fingerprint density at radius 3 is 3.12 bits per heavy atom. The van der Waals surface area contributed by atoms with Crippen LogP contribution < -0.4 is 0 Å². The van der Waals surface area contributed by atoms with Crippen molar-refractivity contribution in [3.63, 3.8) is 0 Å². The average Bonchev–Trinajstić information content (AvgIpc) is 2.88. The van der Waals surface area contributed by atoms with Crippen molar-refractivity contribution in [1.82, 2.24) is 9.80 Å². The molecule has 0 N–H and O–H groups in total. The molecule has 3 nitrogen and oxygen atoms in total. The molecule has 86 valence electrons. The highest BCUT2D eigenvalue weighted by atomic mass is 32.2. The smallest absolute Gasteiger partial charge is 0.282 e. The van der Waals surface area contributed by atoms with Crippen molar-refractivity contribution in [2.45, 2.75) is 13.0 Å². The van der Waals surface area contributed by atoms with Gasteiger partial charge in [0.1, 0.15) is 0 Å². The summed E-state index contributed by atoms with van der Waals surface area (Å²) in [6, 6.07) is 2.21. The minimum absolute atomic E-state index is 0.246. The molecule has 1 aromatic heterocycles. The molecule has 5 heteroatoms. The van der Waals surface area contributed by atoms with Gasteiger partial charge in [0.05, 0.1) is 6.67 Å². The largest absolute Gasteiger partial charge is 0.320 e. The van der Waals surface area contributed by atoms with Crippen molar-refractivity contribution < 1.29 is 4.79 Å². The van der Waals surface area contributed by atoms with Gasteiger partial charge in [-0.25, -0.2) is 0 Å². The van der Waals surface area contributed by atoms with Crippen LogP contribution >= 0.6 is 23.1 Å². The van der Waals surface area contributed by atoms with Crippen LogP contribution in [0.5, 0.6) is 0 Å². The van der Waals surface area contributed by atoms with Gasteiger partial charge in [-0.05, 0) is 23.4 Å². The van der Waals surface area contributed by atoms with E-state index >= 15 is 0 Å². The normalized spacial score (nSPS) is 21.5. The lowest BCUT2D eigenvalue weighted by molar-refractivity contribution is 0.152. The van der Waals surface area contributed by atoms with Crippen LogP contribution in [0.3, 0.4) is 0 Å². The monoisotopic (exact) mass is 254 g/mol. The quantitative estimate of drug-likeness (QED) is 0.808. The molecule has 0 saturated carbocycles. The Bertz CT molecular complexity index is 404. The molecule has 0 spiro atoms. The lowest BCUT2D eigenvalue weighted by Gasteiger charge is -2.30. The van der Waals surface area contributed by atoms with Crippen molar-refractivity contribution in [2.75, 3.05) is 25.5 Å².